The number of amides is 1. The Bertz CT molecular complexity index is 675. The van der Waals surface area contributed by atoms with Crippen LogP contribution in [-0.4, -0.2) is 12.7 Å². The maximum Gasteiger partial charge on any atom is 0.396 e. The van der Waals surface area contributed by atoms with Crippen LogP contribution in [0.15, 0.2) is 53.6 Å². The lowest BCUT2D eigenvalue weighted by Gasteiger charge is -2.12. The van der Waals surface area contributed by atoms with Crippen LogP contribution in [0.5, 0.6) is 0 Å². The highest BCUT2D eigenvalue weighted by Gasteiger charge is 2.28. The Morgan fingerprint density at radius 2 is 1.65 bits per heavy atom. The van der Waals surface area contributed by atoms with Gasteiger partial charge in [0.15, 0.2) is 0 Å². The summed E-state index contributed by atoms with van der Waals surface area (Å²) in [5.74, 6) is -0.0137. The molecule has 2 aromatic rings. The van der Waals surface area contributed by atoms with Crippen molar-refractivity contribution < 1.29 is 9.53 Å². The maximum absolute atomic E-state index is 11.2. The molecule has 5 heteroatoms. The van der Waals surface area contributed by atoms with Gasteiger partial charge in [0.05, 0.1) is 0 Å². The molecule has 3 rings (SSSR count). The molecule has 0 bridgehead atoms. The normalized spacial score (nSPS) is 12.2. The predicted molar refractivity (Wildman–Crippen MR) is 74.2 cm³/mol. The van der Waals surface area contributed by atoms with Crippen molar-refractivity contribution in [2.24, 2.45) is 5.11 Å². The number of carbonyl (C=O) groups is 1. The van der Waals surface area contributed by atoms with Crippen molar-refractivity contribution in [2.45, 2.75) is 5.92 Å². The molecule has 1 aliphatic carbocycles. The molecule has 5 nitrogen and oxygen atoms in total. The first-order valence-corrected chi connectivity index (χ1v) is 6.21. The molecule has 1 amide bonds. The summed E-state index contributed by atoms with van der Waals surface area (Å²) in [6.07, 6.45) is -0.894. The summed E-state index contributed by atoms with van der Waals surface area (Å²) >= 11 is 0. The van der Waals surface area contributed by atoms with E-state index in [0.29, 0.717) is 0 Å². The molecule has 1 aliphatic rings. The Morgan fingerprint density at radius 1 is 1.10 bits per heavy atom. The average molecular weight is 265 g/mol. The van der Waals surface area contributed by atoms with Gasteiger partial charge >= 0.3 is 6.09 Å². The number of azide groups is 1. The number of benzene rings is 2. The van der Waals surface area contributed by atoms with E-state index >= 15 is 0 Å². The minimum Gasteiger partial charge on any atom is -0.460 e. The quantitative estimate of drug-likeness (QED) is 0.462. The summed E-state index contributed by atoms with van der Waals surface area (Å²) in [6, 6.07) is 16.1. The Morgan fingerprint density at radius 3 is 2.20 bits per heavy atom. The number of carbonyl (C=O) groups excluding carboxylic acids is 1. The lowest BCUT2D eigenvalue weighted by molar-refractivity contribution is 0.153. The van der Waals surface area contributed by atoms with Crippen LogP contribution in [0.1, 0.15) is 17.0 Å². The number of nitrogens with zero attached hydrogens (tertiary/aromatic N) is 3. The standard InChI is InChI=1S/C15H11N3O2/c16-18-17-15(19)20-9-14-12-7-3-1-5-10(12)11-6-2-4-8-13(11)14/h1-8,14H,9H2. The van der Waals surface area contributed by atoms with E-state index in [1.807, 2.05) is 36.4 Å². The van der Waals surface area contributed by atoms with E-state index in [4.69, 9.17) is 10.3 Å². The molecule has 0 fully saturated rings. The van der Waals surface area contributed by atoms with Crippen molar-refractivity contribution in [2.75, 3.05) is 6.61 Å². The van der Waals surface area contributed by atoms with Crippen molar-refractivity contribution in [1.82, 2.24) is 0 Å². The highest BCUT2D eigenvalue weighted by Crippen LogP contribution is 2.44. The molecule has 0 saturated heterocycles. The number of hydrogen-bond acceptors (Lipinski definition) is 2. The summed E-state index contributed by atoms with van der Waals surface area (Å²) in [4.78, 5) is 13.6. The van der Waals surface area contributed by atoms with Gasteiger partial charge in [-0.05, 0) is 27.8 Å². The zero-order valence-corrected chi connectivity index (χ0v) is 10.6. The first-order chi connectivity index (χ1) is 9.81. The topological polar surface area (TPSA) is 75.1 Å². The molecule has 0 spiro atoms. The molecular weight excluding hydrogens is 254 g/mol. The fourth-order valence-corrected chi connectivity index (χ4v) is 2.66. The van der Waals surface area contributed by atoms with E-state index in [0.717, 1.165) is 22.3 Å². The molecule has 0 aliphatic heterocycles. The van der Waals surface area contributed by atoms with Gasteiger partial charge in [-0.15, -0.1) is 0 Å². The van der Waals surface area contributed by atoms with Gasteiger partial charge in [-0.3, -0.25) is 0 Å². The summed E-state index contributed by atoms with van der Waals surface area (Å²) < 4.78 is 5.02. The third kappa shape index (κ3) is 2.00. The second kappa shape index (κ2) is 5.07. The van der Waals surface area contributed by atoms with Gasteiger partial charge in [0.1, 0.15) is 6.61 Å². The SMILES string of the molecule is [N-]=[N+]=NC(=O)OCC1c2ccccc2-c2ccccc21. The average Bonchev–Trinajstić information content (AvgIpc) is 2.80. The Labute approximate surface area is 115 Å². The summed E-state index contributed by atoms with van der Waals surface area (Å²) in [5.41, 5.74) is 12.8. The first kappa shape index (κ1) is 12.3. The van der Waals surface area contributed by atoms with Gasteiger partial charge in [0.25, 0.3) is 0 Å². The van der Waals surface area contributed by atoms with Gasteiger partial charge in [-0.2, -0.15) is 0 Å². The van der Waals surface area contributed by atoms with Crippen LogP contribution in [0.25, 0.3) is 21.6 Å². The molecule has 0 heterocycles. The maximum atomic E-state index is 11.2. The zero-order valence-electron chi connectivity index (χ0n) is 10.6. The lowest BCUT2D eigenvalue weighted by Crippen LogP contribution is -2.09. The van der Waals surface area contributed by atoms with Crippen LogP contribution in [0.2, 0.25) is 0 Å². The van der Waals surface area contributed by atoms with E-state index in [1.165, 1.54) is 0 Å². The highest BCUT2D eigenvalue weighted by molar-refractivity contribution is 5.79. The molecule has 0 N–H and O–H groups in total. The molecule has 0 aromatic heterocycles. The van der Waals surface area contributed by atoms with Gasteiger partial charge < -0.3 is 4.74 Å². The predicted octanol–water partition coefficient (Wildman–Crippen LogP) is 4.25. The van der Waals surface area contributed by atoms with E-state index in [2.05, 4.69) is 22.2 Å². The van der Waals surface area contributed by atoms with Crippen molar-refractivity contribution >= 4 is 6.09 Å². The van der Waals surface area contributed by atoms with E-state index in [-0.39, 0.29) is 12.5 Å². The van der Waals surface area contributed by atoms with Crippen LogP contribution < -0.4 is 0 Å². The van der Waals surface area contributed by atoms with Crippen LogP contribution in [0, 0.1) is 0 Å². The lowest BCUT2D eigenvalue weighted by atomic mass is 9.98. The van der Waals surface area contributed by atoms with Crippen LogP contribution in [-0.2, 0) is 4.74 Å². The second-order valence-electron chi connectivity index (χ2n) is 4.49. The van der Waals surface area contributed by atoms with Crippen molar-refractivity contribution in [1.29, 1.82) is 0 Å². The van der Waals surface area contributed by atoms with E-state index in [9.17, 15) is 4.79 Å². The van der Waals surface area contributed by atoms with E-state index in [1.54, 1.807) is 0 Å². The number of rotatable bonds is 2. The Hall–Kier alpha value is -2.78. The molecule has 98 valence electrons. The molecule has 20 heavy (non-hydrogen) atoms. The molecule has 0 saturated carbocycles. The van der Waals surface area contributed by atoms with Crippen molar-refractivity contribution in [3.05, 3.63) is 70.1 Å². The number of fused-ring (bicyclic) bond motifs is 3. The van der Waals surface area contributed by atoms with Gasteiger partial charge in [0.2, 0.25) is 0 Å². The van der Waals surface area contributed by atoms with Gasteiger partial charge in [-0.25, -0.2) is 4.79 Å². The minimum atomic E-state index is -0.894. The van der Waals surface area contributed by atoms with Gasteiger partial charge in [0, 0.05) is 15.9 Å². The van der Waals surface area contributed by atoms with Crippen molar-refractivity contribution in [3.63, 3.8) is 0 Å². The second-order valence-corrected chi connectivity index (χ2v) is 4.49. The van der Waals surface area contributed by atoms with E-state index < -0.39 is 6.09 Å². The fourth-order valence-electron chi connectivity index (χ4n) is 2.66. The molecule has 0 unspecified atom stereocenters. The number of hydrogen-bond donors (Lipinski definition) is 0. The van der Waals surface area contributed by atoms with Crippen molar-refractivity contribution in [3.8, 4) is 11.1 Å². The third-order valence-electron chi connectivity index (χ3n) is 3.46. The first-order valence-electron chi connectivity index (χ1n) is 6.21. The minimum absolute atomic E-state index is 0.0137. The van der Waals surface area contributed by atoms with Crippen LogP contribution in [0.3, 0.4) is 0 Å². The zero-order chi connectivity index (χ0) is 13.9. The number of ether oxygens (including phenoxy) is 1. The largest absolute Gasteiger partial charge is 0.460 e. The molecular formula is C15H11N3O2. The summed E-state index contributed by atoms with van der Waals surface area (Å²) in [7, 11) is 0. The third-order valence-corrected chi connectivity index (χ3v) is 3.46. The summed E-state index contributed by atoms with van der Waals surface area (Å²) in [6.45, 7) is 0.172. The monoisotopic (exact) mass is 265 g/mol. The molecule has 0 radical (unpaired) electrons. The van der Waals surface area contributed by atoms with Crippen LogP contribution >= 0.6 is 0 Å². The Balaban J connectivity index is 1.95. The smallest absolute Gasteiger partial charge is 0.396 e. The van der Waals surface area contributed by atoms with Gasteiger partial charge in [-0.1, -0.05) is 48.5 Å². The highest BCUT2D eigenvalue weighted by atomic mass is 16.5. The molecule has 0 atom stereocenters. The van der Waals surface area contributed by atoms with Crippen LogP contribution in [0.4, 0.5) is 4.79 Å². The summed E-state index contributed by atoms with van der Waals surface area (Å²) in [5, 5.41) is 2.92. The Kier molecular flexibility index (Phi) is 3.11. The fraction of sp³-hybridized carbons (Fsp3) is 0.133. The molecule has 2 aromatic carbocycles.